The highest BCUT2D eigenvalue weighted by molar-refractivity contribution is 8.04. The van der Waals surface area contributed by atoms with Crippen molar-refractivity contribution in [3.05, 3.63) is 64.3 Å². The standard InChI is InChI=1S/C26H31N3O2S/c1-2-21-11-6-7-13-29(21)14-8-12-27-26(31)22-16-20-17-23(30)24(32-25(20)18-28-22)15-19-9-4-3-5-10-19/h3-5,9-10,15-16,18,21H,2,6-8,11-14,17H2,1H3,(H,27,31)/b24-15-. The van der Waals surface area contributed by atoms with Gasteiger partial charge in [-0.05, 0) is 55.5 Å². The number of benzene rings is 1. The number of fused-ring (bicyclic) bond motifs is 1. The summed E-state index contributed by atoms with van der Waals surface area (Å²) in [5.74, 6) is -0.0857. The molecule has 4 rings (SSSR count). The van der Waals surface area contributed by atoms with Crippen LogP contribution in [-0.2, 0) is 11.2 Å². The molecular formula is C26H31N3O2S. The molecule has 1 N–H and O–H groups in total. The third-order valence-electron chi connectivity index (χ3n) is 6.25. The van der Waals surface area contributed by atoms with Crippen molar-refractivity contribution in [3.8, 4) is 0 Å². The molecule has 1 aromatic carbocycles. The first-order valence-corrected chi connectivity index (χ1v) is 12.4. The first-order valence-electron chi connectivity index (χ1n) is 11.6. The van der Waals surface area contributed by atoms with E-state index in [0.29, 0.717) is 29.6 Å². The maximum absolute atomic E-state index is 12.6. The average Bonchev–Trinajstić information content (AvgIpc) is 2.82. The monoisotopic (exact) mass is 449 g/mol. The first kappa shape index (κ1) is 22.7. The van der Waals surface area contributed by atoms with Crippen LogP contribution in [-0.4, -0.2) is 47.3 Å². The zero-order valence-corrected chi connectivity index (χ0v) is 19.5. The Morgan fingerprint density at radius 3 is 2.94 bits per heavy atom. The molecule has 32 heavy (non-hydrogen) atoms. The van der Waals surface area contributed by atoms with Gasteiger partial charge in [-0.2, -0.15) is 0 Å². The third-order valence-corrected chi connectivity index (χ3v) is 7.40. The molecular weight excluding hydrogens is 418 g/mol. The number of Topliss-reactive ketones (excluding diaryl/α,β-unsaturated/α-hetero) is 1. The van der Waals surface area contributed by atoms with Gasteiger partial charge < -0.3 is 10.2 Å². The van der Waals surface area contributed by atoms with E-state index in [2.05, 4.69) is 22.1 Å². The maximum Gasteiger partial charge on any atom is 0.269 e. The van der Waals surface area contributed by atoms with Crippen LogP contribution in [0.25, 0.3) is 6.08 Å². The van der Waals surface area contributed by atoms with E-state index in [0.717, 1.165) is 29.0 Å². The molecule has 6 heteroatoms. The van der Waals surface area contributed by atoms with E-state index in [4.69, 9.17) is 0 Å². The molecule has 0 radical (unpaired) electrons. The van der Waals surface area contributed by atoms with Crippen LogP contribution in [0.3, 0.4) is 0 Å². The molecule has 168 valence electrons. The predicted octanol–water partition coefficient (Wildman–Crippen LogP) is 4.72. The van der Waals surface area contributed by atoms with Crippen LogP contribution in [0, 0.1) is 0 Å². The van der Waals surface area contributed by atoms with Crippen LogP contribution in [0.2, 0.25) is 0 Å². The zero-order chi connectivity index (χ0) is 22.3. The Morgan fingerprint density at radius 2 is 2.12 bits per heavy atom. The number of piperidine rings is 1. The SMILES string of the molecule is CCC1CCCCN1CCCNC(=O)c1cc2c(cn1)S/C(=C\c1ccccc1)C(=O)C2. The summed E-state index contributed by atoms with van der Waals surface area (Å²) < 4.78 is 0. The smallest absolute Gasteiger partial charge is 0.269 e. The summed E-state index contributed by atoms with van der Waals surface area (Å²) in [6.07, 6.45) is 9.99. The highest BCUT2D eigenvalue weighted by Crippen LogP contribution is 2.37. The van der Waals surface area contributed by atoms with E-state index in [-0.39, 0.29) is 11.7 Å². The van der Waals surface area contributed by atoms with Crippen molar-refractivity contribution in [1.82, 2.24) is 15.2 Å². The number of allylic oxidation sites excluding steroid dienone is 1. The Morgan fingerprint density at radius 1 is 1.28 bits per heavy atom. The van der Waals surface area contributed by atoms with E-state index >= 15 is 0 Å². The van der Waals surface area contributed by atoms with Gasteiger partial charge in [0, 0.05) is 36.6 Å². The zero-order valence-electron chi connectivity index (χ0n) is 18.7. The number of thioether (sulfide) groups is 1. The minimum absolute atomic E-state index is 0.0796. The summed E-state index contributed by atoms with van der Waals surface area (Å²) in [6.45, 7) is 5.10. The lowest BCUT2D eigenvalue weighted by atomic mass is 10.00. The summed E-state index contributed by atoms with van der Waals surface area (Å²) in [7, 11) is 0. The number of carbonyl (C=O) groups is 2. The van der Waals surface area contributed by atoms with Crippen molar-refractivity contribution in [3.63, 3.8) is 0 Å². The Bertz CT molecular complexity index is 990. The number of nitrogens with one attached hydrogen (secondary N) is 1. The van der Waals surface area contributed by atoms with Crippen molar-refractivity contribution in [2.45, 2.75) is 56.4 Å². The van der Waals surface area contributed by atoms with Crippen LogP contribution in [0.1, 0.15) is 60.6 Å². The first-order chi connectivity index (χ1) is 15.6. The molecule has 1 unspecified atom stereocenters. The van der Waals surface area contributed by atoms with Gasteiger partial charge in [0.2, 0.25) is 0 Å². The largest absolute Gasteiger partial charge is 0.351 e. The van der Waals surface area contributed by atoms with Gasteiger partial charge >= 0.3 is 0 Å². The van der Waals surface area contributed by atoms with E-state index in [1.807, 2.05) is 36.4 Å². The van der Waals surface area contributed by atoms with Crippen LogP contribution in [0.15, 0.2) is 52.4 Å². The molecule has 2 aromatic rings. The fraction of sp³-hybridized carbons (Fsp3) is 0.423. The minimum atomic E-state index is -0.165. The number of hydrogen-bond acceptors (Lipinski definition) is 5. The molecule has 1 saturated heterocycles. The van der Waals surface area contributed by atoms with Crippen LogP contribution in [0.5, 0.6) is 0 Å². The second-order valence-corrected chi connectivity index (χ2v) is 9.59. The summed E-state index contributed by atoms with van der Waals surface area (Å²) in [5.41, 5.74) is 2.27. The number of carbonyl (C=O) groups excluding carboxylic acids is 2. The second kappa shape index (κ2) is 10.9. The van der Waals surface area contributed by atoms with Crippen LogP contribution in [0.4, 0.5) is 0 Å². The van der Waals surface area contributed by atoms with Gasteiger partial charge in [0.15, 0.2) is 5.78 Å². The van der Waals surface area contributed by atoms with Crippen molar-refractivity contribution >= 4 is 29.5 Å². The van der Waals surface area contributed by atoms with Crippen molar-refractivity contribution < 1.29 is 9.59 Å². The van der Waals surface area contributed by atoms with Gasteiger partial charge in [-0.25, -0.2) is 4.98 Å². The molecule has 0 spiro atoms. The number of ketones is 1. The fourth-order valence-corrected chi connectivity index (χ4v) is 5.46. The third kappa shape index (κ3) is 5.67. The van der Waals surface area contributed by atoms with Crippen molar-refractivity contribution in [1.29, 1.82) is 0 Å². The van der Waals surface area contributed by atoms with E-state index in [9.17, 15) is 9.59 Å². The molecule has 3 heterocycles. The summed E-state index contributed by atoms with van der Waals surface area (Å²) in [4.78, 5) is 33.8. The van der Waals surface area contributed by atoms with Gasteiger partial charge in [0.05, 0.1) is 4.91 Å². The van der Waals surface area contributed by atoms with Gasteiger partial charge in [-0.3, -0.25) is 9.59 Å². The number of hydrogen-bond donors (Lipinski definition) is 1. The highest BCUT2D eigenvalue weighted by atomic mass is 32.2. The van der Waals surface area contributed by atoms with E-state index in [1.165, 1.54) is 44.0 Å². The lowest BCUT2D eigenvalue weighted by molar-refractivity contribution is -0.114. The summed E-state index contributed by atoms with van der Waals surface area (Å²) in [6, 6.07) is 12.3. The quantitative estimate of drug-likeness (QED) is 0.489. The van der Waals surface area contributed by atoms with Crippen molar-refractivity contribution in [2.75, 3.05) is 19.6 Å². The Labute approximate surface area is 194 Å². The Kier molecular flexibility index (Phi) is 7.76. The molecule has 5 nitrogen and oxygen atoms in total. The number of aromatic nitrogens is 1. The molecule has 0 aliphatic carbocycles. The van der Waals surface area contributed by atoms with Gasteiger partial charge in [-0.15, -0.1) is 0 Å². The Hall–Kier alpha value is -2.44. The normalized spacial score (nSPS) is 20.2. The number of rotatable bonds is 7. The van der Waals surface area contributed by atoms with Gasteiger partial charge in [-0.1, -0.05) is 55.4 Å². The number of amides is 1. The van der Waals surface area contributed by atoms with Crippen LogP contribution < -0.4 is 5.32 Å². The van der Waals surface area contributed by atoms with Gasteiger partial charge in [0.1, 0.15) is 5.69 Å². The Balaban J connectivity index is 1.32. The summed E-state index contributed by atoms with van der Waals surface area (Å²) >= 11 is 1.43. The number of nitrogens with zero attached hydrogens (tertiary/aromatic N) is 2. The molecule has 1 fully saturated rings. The lowest BCUT2D eigenvalue weighted by Crippen LogP contribution is -2.40. The minimum Gasteiger partial charge on any atom is -0.351 e. The second-order valence-electron chi connectivity index (χ2n) is 8.50. The molecule has 2 aliphatic rings. The topological polar surface area (TPSA) is 62.3 Å². The van der Waals surface area contributed by atoms with Crippen LogP contribution >= 0.6 is 11.8 Å². The number of pyridine rings is 1. The van der Waals surface area contributed by atoms with E-state index in [1.54, 1.807) is 12.3 Å². The molecule has 1 aromatic heterocycles. The maximum atomic E-state index is 12.6. The molecule has 1 amide bonds. The summed E-state index contributed by atoms with van der Waals surface area (Å²) in [5, 5.41) is 3.00. The van der Waals surface area contributed by atoms with E-state index < -0.39 is 0 Å². The molecule has 0 saturated carbocycles. The number of likely N-dealkylation sites (tertiary alicyclic amines) is 1. The predicted molar refractivity (Wildman–Crippen MR) is 130 cm³/mol. The molecule has 0 bridgehead atoms. The highest BCUT2D eigenvalue weighted by Gasteiger charge is 2.24. The molecule has 1 atom stereocenters. The average molecular weight is 450 g/mol. The fourth-order valence-electron chi connectivity index (χ4n) is 4.48. The molecule has 2 aliphatic heterocycles. The lowest BCUT2D eigenvalue weighted by Gasteiger charge is -2.35. The van der Waals surface area contributed by atoms with Gasteiger partial charge in [0.25, 0.3) is 5.91 Å². The van der Waals surface area contributed by atoms with Crippen molar-refractivity contribution in [2.24, 2.45) is 0 Å².